The number of rotatable bonds is 3. The van der Waals surface area contributed by atoms with Crippen molar-refractivity contribution in [3.05, 3.63) is 5.69 Å². The van der Waals surface area contributed by atoms with E-state index >= 15 is 0 Å². The average Bonchev–Trinajstić information content (AvgIpc) is 3.04. The second-order valence-corrected chi connectivity index (χ2v) is 6.14. The number of aromatic amines is 1. The molecule has 7 nitrogen and oxygen atoms in total. The van der Waals surface area contributed by atoms with Crippen molar-refractivity contribution in [2.24, 2.45) is 0 Å². The van der Waals surface area contributed by atoms with Crippen molar-refractivity contribution in [1.29, 1.82) is 0 Å². The lowest BCUT2D eigenvalue weighted by molar-refractivity contribution is -0.127. The van der Waals surface area contributed by atoms with E-state index in [-0.39, 0.29) is 11.8 Å². The van der Waals surface area contributed by atoms with E-state index in [4.69, 9.17) is 0 Å². The Labute approximate surface area is 125 Å². The molecule has 3 N–H and O–H groups in total. The normalized spacial score (nSPS) is 21.4. The summed E-state index contributed by atoms with van der Waals surface area (Å²) in [4.78, 5) is 32.7. The summed E-state index contributed by atoms with van der Waals surface area (Å²) in [5, 5.41) is 6.11. The lowest BCUT2D eigenvalue weighted by Crippen LogP contribution is -2.41. The van der Waals surface area contributed by atoms with E-state index in [9.17, 15) is 9.59 Å². The van der Waals surface area contributed by atoms with Crippen LogP contribution >= 0.6 is 24.4 Å². The molecule has 1 aromatic rings. The molecule has 20 heavy (non-hydrogen) atoms. The summed E-state index contributed by atoms with van der Waals surface area (Å²) in [6.45, 7) is 1.69. The van der Waals surface area contributed by atoms with Crippen LogP contribution in [0.3, 0.4) is 0 Å². The van der Waals surface area contributed by atoms with Crippen LogP contribution in [0.2, 0.25) is 0 Å². The molecule has 1 fully saturated rings. The molecule has 0 bridgehead atoms. The second kappa shape index (κ2) is 5.57. The first-order valence-corrected chi connectivity index (χ1v) is 7.90. The number of carbonyl (C=O) groups is 2. The molecular weight excluding hydrogens is 298 g/mol. The summed E-state index contributed by atoms with van der Waals surface area (Å²) in [6.07, 6.45) is 2.16. The Bertz CT molecular complexity index is 541. The van der Waals surface area contributed by atoms with Crippen LogP contribution in [0.25, 0.3) is 0 Å². The highest BCUT2D eigenvalue weighted by Crippen LogP contribution is 2.24. The quantitative estimate of drug-likeness (QED) is 0.482. The number of aromatic nitrogens is 2. The Balaban J connectivity index is 1.62. The zero-order valence-electron chi connectivity index (χ0n) is 10.7. The van der Waals surface area contributed by atoms with Gasteiger partial charge in [-0.3, -0.25) is 9.59 Å². The first-order valence-electron chi connectivity index (χ1n) is 6.39. The van der Waals surface area contributed by atoms with Gasteiger partial charge in [-0.05, 0) is 12.8 Å². The topological polar surface area (TPSA) is 90.1 Å². The molecule has 3 heterocycles. The number of thiol groups is 1. The van der Waals surface area contributed by atoms with Crippen LogP contribution in [0.15, 0.2) is 5.16 Å². The van der Waals surface area contributed by atoms with Gasteiger partial charge in [0.2, 0.25) is 5.91 Å². The summed E-state index contributed by atoms with van der Waals surface area (Å²) >= 11 is 5.44. The first kappa shape index (κ1) is 13.6. The van der Waals surface area contributed by atoms with E-state index in [1.165, 1.54) is 11.8 Å². The van der Waals surface area contributed by atoms with Gasteiger partial charge in [0.15, 0.2) is 11.0 Å². The summed E-state index contributed by atoms with van der Waals surface area (Å²) in [5.41, 5.74) is -0.0613. The Morgan fingerprint density at radius 3 is 2.90 bits per heavy atom. The minimum absolute atomic E-state index is 0.117. The molecule has 0 saturated carbocycles. The third-order valence-electron chi connectivity index (χ3n) is 3.24. The van der Waals surface area contributed by atoms with Crippen molar-refractivity contribution in [3.8, 4) is 0 Å². The van der Waals surface area contributed by atoms with Gasteiger partial charge in [-0.1, -0.05) is 11.8 Å². The van der Waals surface area contributed by atoms with Gasteiger partial charge < -0.3 is 20.5 Å². The minimum Gasteiger partial charge on any atom is -0.342 e. The summed E-state index contributed by atoms with van der Waals surface area (Å²) in [5.74, 6) is 0.679. The number of likely N-dealkylation sites (tertiary alicyclic amines) is 1. The summed E-state index contributed by atoms with van der Waals surface area (Å²) in [6, 6.07) is 0. The number of amides is 2. The molecular formula is C11H15N5O2S2. The van der Waals surface area contributed by atoms with E-state index < -0.39 is 5.50 Å². The number of imidazole rings is 1. The summed E-state index contributed by atoms with van der Waals surface area (Å²) in [7, 11) is 0. The maximum Gasteiger partial charge on any atom is 0.273 e. The highest BCUT2D eigenvalue weighted by Gasteiger charge is 2.26. The van der Waals surface area contributed by atoms with E-state index in [2.05, 4.69) is 33.2 Å². The highest BCUT2D eigenvalue weighted by molar-refractivity contribution is 7.99. The first-order chi connectivity index (χ1) is 9.63. The molecule has 1 atom stereocenters. The fourth-order valence-corrected chi connectivity index (χ4v) is 3.25. The van der Waals surface area contributed by atoms with Gasteiger partial charge in [-0.15, -0.1) is 12.6 Å². The van der Waals surface area contributed by atoms with Crippen LogP contribution < -0.4 is 10.6 Å². The zero-order chi connectivity index (χ0) is 14.1. The smallest absolute Gasteiger partial charge is 0.273 e. The molecule has 0 aliphatic carbocycles. The summed E-state index contributed by atoms with van der Waals surface area (Å²) < 4.78 is 0. The maximum atomic E-state index is 11.9. The van der Waals surface area contributed by atoms with Gasteiger partial charge in [0.25, 0.3) is 5.91 Å². The van der Waals surface area contributed by atoms with Crippen LogP contribution in [-0.2, 0) is 4.79 Å². The Morgan fingerprint density at radius 2 is 2.15 bits per heavy atom. The molecule has 3 rings (SSSR count). The molecule has 0 spiro atoms. The van der Waals surface area contributed by atoms with Gasteiger partial charge in [-0.25, -0.2) is 4.98 Å². The highest BCUT2D eigenvalue weighted by atomic mass is 32.2. The van der Waals surface area contributed by atoms with Crippen LogP contribution in [0, 0.1) is 0 Å². The SMILES string of the molecule is O=C1NC(S)Nc2nc(SCC(=O)N3CCCC3)[nH]c21. The number of fused-ring (bicyclic) bond motifs is 1. The predicted molar refractivity (Wildman–Crippen MR) is 79.0 cm³/mol. The van der Waals surface area contributed by atoms with Gasteiger partial charge >= 0.3 is 0 Å². The van der Waals surface area contributed by atoms with E-state index in [0.29, 0.717) is 22.4 Å². The third kappa shape index (κ3) is 2.73. The fourth-order valence-electron chi connectivity index (χ4n) is 2.24. The third-order valence-corrected chi connectivity index (χ3v) is 4.36. The van der Waals surface area contributed by atoms with Gasteiger partial charge in [-0.2, -0.15) is 0 Å². The van der Waals surface area contributed by atoms with Gasteiger partial charge in [0.05, 0.1) is 5.75 Å². The molecule has 2 aliphatic heterocycles. The number of anilines is 1. The van der Waals surface area contributed by atoms with Crippen molar-refractivity contribution >= 4 is 42.0 Å². The van der Waals surface area contributed by atoms with Crippen molar-refractivity contribution in [1.82, 2.24) is 20.2 Å². The maximum absolute atomic E-state index is 11.9. The van der Waals surface area contributed by atoms with E-state index in [0.717, 1.165) is 25.9 Å². The number of nitrogens with zero attached hydrogens (tertiary/aromatic N) is 2. The molecule has 2 amide bonds. The van der Waals surface area contributed by atoms with Crippen LogP contribution in [0.5, 0.6) is 0 Å². The number of nitrogens with one attached hydrogen (secondary N) is 3. The second-order valence-electron chi connectivity index (χ2n) is 4.66. The van der Waals surface area contributed by atoms with Gasteiger partial charge in [0.1, 0.15) is 11.2 Å². The predicted octanol–water partition coefficient (Wildman–Crippen LogP) is 0.493. The standard InChI is InChI=1S/C11H15N5O2S2/c17-6(16-3-1-2-4-16)5-20-11-12-7-8(14-11)13-10(19)15-9(7)18/h10,13,19H,1-5H2,(H,12,14)(H,15,18). The van der Waals surface area contributed by atoms with Crippen LogP contribution in [-0.4, -0.2) is 51.0 Å². The van der Waals surface area contributed by atoms with Crippen LogP contribution in [0.1, 0.15) is 23.3 Å². The minimum atomic E-state index is -0.442. The molecule has 1 saturated heterocycles. The largest absolute Gasteiger partial charge is 0.342 e. The number of carbonyl (C=O) groups excluding carboxylic acids is 2. The van der Waals surface area contributed by atoms with E-state index in [1.54, 1.807) is 0 Å². The lowest BCUT2D eigenvalue weighted by Gasteiger charge is -2.19. The zero-order valence-corrected chi connectivity index (χ0v) is 12.4. The number of hydrogen-bond acceptors (Lipinski definition) is 6. The Hall–Kier alpha value is -1.35. The van der Waals surface area contributed by atoms with Crippen molar-refractivity contribution in [3.63, 3.8) is 0 Å². The number of hydrogen-bond donors (Lipinski definition) is 4. The lowest BCUT2D eigenvalue weighted by atomic mass is 10.3. The molecule has 0 aromatic carbocycles. The van der Waals surface area contributed by atoms with E-state index in [1.807, 2.05) is 4.90 Å². The molecule has 1 unspecified atom stereocenters. The van der Waals surface area contributed by atoms with Crippen molar-refractivity contribution in [2.45, 2.75) is 23.5 Å². The molecule has 2 aliphatic rings. The van der Waals surface area contributed by atoms with Gasteiger partial charge in [0, 0.05) is 13.1 Å². The van der Waals surface area contributed by atoms with Crippen molar-refractivity contribution in [2.75, 3.05) is 24.2 Å². The molecule has 0 radical (unpaired) electrons. The Kier molecular flexibility index (Phi) is 3.79. The van der Waals surface area contributed by atoms with Crippen molar-refractivity contribution < 1.29 is 9.59 Å². The number of thioether (sulfide) groups is 1. The fraction of sp³-hybridized carbons (Fsp3) is 0.545. The average molecular weight is 313 g/mol. The Morgan fingerprint density at radius 1 is 1.40 bits per heavy atom. The monoisotopic (exact) mass is 313 g/mol. The molecule has 1 aromatic heterocycles. The molecule has 9 heteroatoms. The van der Waals surface area contributed by atoms with Crippen LogP contribution in [0.4, 0.5) is 5.82 Å². The molecule has 108 valence electrons. The number of H-pyrrole nitrogens is 1.